The summed E-state index contributed by atoms with van der Waals surface area (Å²) >= 11 is 3.21. The molecule has 2 aromatic rings. The van der Waals surface area contributed by atoms with Crippen molar-refractivity contribution in [3.05, 3.63) is 38.9 Å². The Hall–Kier alpha value is -1.63. The highest BCUT2D eigenvalue weighted by atomic mass is 32.1. The first-order chi connectivity index (χ1) is 10.8. The number of morpholine rings is 1. The van der Waals surface area contributed by atoms with Gasteiger partial charge in [-0.2, -0.15) is 0 Å². The average Bonchev–Trinajstić information content (AvgIpc) is 3.22. The number of carbonyl (C=O) groups is 1. The summed E-state index contributed by atoms with van der Waals surface area (Å²) in [5.74, 6) is -0.282. The number of methoxy groups -OCH3 is 1. The highest BCUT2D eigenvalue weighted by Gasteiger charge is 2.12. The molecule has 0 spiro atoms. The second-order valence-corrected chi connectivity index (χ2v) is 7.01. The highest BCUT2D eigenvalue weighted by molar-refractivity contribution is 7.17. The van der Waals surface area contributed by atoms with Crippen LogP contribution in [0.2, 0.25) is 0 Å². The van der Waals surface area contributed by atoms with Crippen LogP contribution in [-0.4, -0.2) is 39.4 Å². The fourth-order valence-electron chi connectivity index (χ4n) is 2.20. The molecule has 22 heavy (non-hydrogen) atoms. The van der Waals surface area contributed by atoms with Gasteiger partial charge in [-0.05, 0) is 36.4 Å². The fraction of sp³-hybridized carbons (Fsp3) is 0.312. The van der Waals surface area contributed by atoms with E-state index in [1.54, 1.807) is 17.4 Å². The molecule has 1 fully saturated rings. The van der Waals surface area contributed by atoms with Crippen LogP contribution in [0.1, 0.15) is 19.4 Å². The van der Waals surface area contributed by atoms with E-state index < -0.39 is 0 Å². The van der Waals surface area contributed by atoms with Crippen LogP contribution in [0.3, 0.4) is 0 Å². The second kappa shape index (κ2) is 7.09. The topological polar surface area (TPSA) is 38.8 Å². The minimum atomic E-state index is -0.282. The number of ether oxygens (including phenoxy) is 2. The third-order valence-corrected chi connectivity index (χ3v) is 5.50. The van der Waals surface area contributed by atoms with Crippen molar-refractivity contribution in [2.24, 2.45) is 0 Å². The summed E-state index contributed by atoms with van der Waals surface area (Å²) in [6.45, 7) is 3.51. The van der Waals surface area contributed by atoms with Gasteiger partial charge in [-0.15, -0.1) is 22.7 Å². The van der Waals surface area contributed by atoms with E-state index in [4.69, 9.17) is 9.47 Å². The number of nitrogens with zero attached hydrogens (tertiary/aromatic N) is 1. The normalized spacial score (nSPS) is 15.4. The van der Waals surface area contributed by atoms with Crippen molar-refractivity contribution in [1.29, 1.82) is 0 Å². The van der Waals surface area contributed by atoms with Crippen LogP contribution in [0.5, 0.6) is 0 Å². The first-order valence-corrected chi connectivity index (χ1v) is 8.68. The van der Waals surface area contributed by atoms with E-state index in [2.05, 4.69) is 23.1 Å². The fourth-order valence-corrected chi connectivity index (χ4v) is 3.99. The SMILES string of the molecule is COC(=O)c1ccc(/C=C/c2ccc(N3CCOCC3)s2)s1. The highest BCUT2D eigenvalue weighted by Crippen LogP contribution is 2.28. The van der Waals surface area contributed by atoms with E-state index in [1.807, 2.05) is 12.1 Å². The Morgan fingerprint density at radius 3 is 2.55 bits per heavy atom. The molecule has 1 aliphatic heterocycles. The molecule has 1 aliphatic rings. The summed E-state index contributed by atoms with van der Waals surface area (Å²) in [6, 6.07) is 8.01. The summed E-state index contributed by atoms with van der Waals surface area (Å²) in [5.41, 5.74) is 0. The van der Waals surface area contributed by atoms with Crippen LogP contribution < -0.4 is 4.90 Å². The Kier molecular flexibility index (Phi) is 4.92. The zero-order valence-corrected chi connectivity index (χ0v) is 13.9. The van der Waals surface area contributed by atoms with Crippen LogP contribution >= 0.6 is 22.7 Å². The number of hydrogen-bond donors (Lipinski definition) is 0. The van der Waals surface area contributed by atoms with Gasteiger partial charge in [-0.3, -0.25) is 0 Å². The van der Waals surface area contributed by atoms with Gasteiger partial charge in [-0.1, -0.05) is 0 Å². The van der Waals surface area contributed by atoms with Gasteiger partial charge in [0, 0.05) is 22.8 Å². The van der Waals surface area contributed by atoms with Gasteiger partial charge in [-0.25, -0.2) is 4.79 Å². The Morgan fingerprint density at radius 2 is 1.82 bits per heavy atom. The molecule has 0 aromatic carbocycles. The predicted octanol–water partition coefficient (Wildman–Crippen LogP) is 3.60. The van der Waals surface area contributed by atoms with Crippen molar-refractivity contribution < 1.29 is 14.3 Å². The summed E-state index contributed by atoms with van der Waals surface area (Å²) in [6.07, 6.45) is 4.12. The molecule has 0 unspecified atom stereocenters. The number of esters is 1. The lowest BCUT2D eigenvalue weighted by atomic mass is 10.3. The minimum Gasteiger partial charge on any atom is -0.465 e. The van der Waals surface area contributed by atoms with Crippen molar-refractivity contribution >= 4 is 45.8 Å². The molecule has 4 nitrogen and oxygen atoms in total. The summed E-state index contributed by atoms with van der Waals surface area (Å²) < 4.78 is 10.1. The van der Waals surface area contributed by atoms with Crippen molar-refractivity contribution in [3.8, 4) is 0 Å². The maximum absolute atomic E-state index is 11.4. The third kappa shape index (κ3) is 3.58. The van der Waals surface area contributed by atoms with E-state index in [0.29, 0.717) is 4.88 Å². The standard InChI is InChI=1S/C16H17NO3S2/c1-19-16(18)14-6-4-12(21-14)2-3-13-5-7-15(22-13)17-8-10-20-11-9-17/h2-7H,8-11H2,1H3/b3-2+. The van der Waals surface area contributed by atoms with Gasteiger partial charge in [0.25, 0.3) is 0 Å². The number of carbonyl (C=O) groups excluding carboxylic acids is 1. The Morgan fingerprint density at radius 1 is 1.14 bits per heavy atom. The zero-order chi connectivity index (χ0) is 15.4. The Balaban J connectivity index is 1.66. The molecule has 2 aromatic heterocycles. The quantitative estimate of drug-likeness (QED) is 0.800. The van der Waals surface area contributed by atoms with E-state index in [0.717, 1.165) is 31.2 Å². The van der Waals surface area contributed by atoms with Crippen molar-refractivity contribution in [2.75, 3.05) is 38.3 Å². The maximum atomic E-state index is 11.4. The summed E-state index contributed by atoms with van der Waals surface area (Å²) in [5, 5.41) is 1.28. The number of hydrogen-bond acceptors (Lipinski definition) is 6. The first-order valence-electron chi connectivity index (χ1n) is 7.05. The van der Waals surface area contributed by atoms with Crippen LogP contribution in [0.15, 0.2) is 24.3 Å². The predicted molar refractivity (Wildman–Crippen MR) is 91.9 cm³/mol. The van der Waals surface area contributed by atoms with Crippen molar-refractivity contribution in [3.63, 3.8) is 0 Å². The molecule has 0 saturated carbocycles. The molecule has 1 saturated heterocycles. The van der Waals surface area contributed by atoms with Gasteiger partial charge in [0.1, 0.15) is 4.88 Å². The van der Waals surface area contributed by atoms with Gasteiger partial charge in [0.15, 0.2) is 0 Å². The second-order valence-electron chi connectivity index (χ2n) is 4.80. The van der Waals surface area contributed by atoms with Crippen molar-refractivity contribution in [2.45, 2.75) is 0 Å². The first kappa shape index (κ1) is 15.3. The molecular weight excluding hydrogens is 318 g/mol. The number of anilines is 1. The Labute approximate surface area is 137 Å². The van der Waals surface area contributed by atoms with Gasteiger partial charge < -0.3 is 14.4 Å². The van der Waals surface area contributed by atoms with E-state index in [9.17, 15) is 4.79 Å². The molecule has 3 heterocycles. The maximum Gasteiger partial charge on any atom is 0.348 e. The number of thiophene rings is 2. The Bertz CT molecular complexity index is 668. The zero-order valence-electron chi connectivity index (χ0n) is 12.3. The smallest absolute Gasteiger partial charge is 0.348 e. The van der Waals surface area contributed by atoms with Gasteiger partial charge >= 0.3 is 5.97 Å². The molecule has 0 aliphatic carbocycles. The van der Waals surface area contributed by atoms with E-state index in [1.165, 1.54) is 28.3 Å². The molecule has 0 N–H and O–H groups in total. The van der Waals surface area contributed by atoms with E-state index >= 15 is 0 Å². The molecule has 0 amide bonds. The van der Waals surface area contributed by atoms with Gasteiger partial charge in [0.2, 0.25) is 0 Å². The molecule has 116 valence electrons. The largest absolute Gasteiger partial charge is 0.465 e. The summed E-state index contributed by atoms with van der Waals surface area (Å²) in [7, 11) is 1.40. The van der Waals surface area contributed by atoms with Crippen LogP contribution in [0.4, 0.5) is 5.00 Å². The molecule has 6 heteroatoms. The molecule has 3 rings (SSSR count). The monoisotopic (exact) mass is 335 g/mol. The van der Waals surface area contributed by atoms with Gasteiger partial charge in [0.05, 0.1) is 25.3 Å². The lowest BCUT2D eigenvalue weighted by molar-refractivity contribution is 0.0606. The lowest BCUT2D eigenvalue weighted by Crippen LogP contribution is -2.35. The number of rotatable bonds is 4. The van der Waals surface area contributed by atoms with Crippen molar-refractivity contribution in [1.82, 2.24) is 0 Å². The van der Waals surface area contributed by atoms with Crippen LogP contribution in [0.25, 0.3) is 12.2 Å². The minimum absolute atomic E-state index is 0.282. The third-order valence-electron chi connectivity index (χ3n) is 3.36. The summed E-state index contributed by atoms with van der Waals surface area (Å²) in [4.78, 5) is 16.7. The molecular formula is C16H17NO3S2. The van der Waals surface area contributed by atoms with E-state index in [-0.39, 0.29) is 5.97 Å². The molecule has 0 radical (unpaired) electrons. The van der Waals surface area contributed by atoms with Crippen LogP contribution in [-0.2, 0) is 9.47 Å². The molecule has 0 bridgehead atoms. The lowest BCUT2D eigenvalue weighted by Gasteiger charge is -2.27. The molecule has 0 atom stereocenters. The average molecular weight is 335 g/mol. The van der Waals surface area contributed by atoms with Crippen LogP contribution in [0, 0.1) is 0 Å².